The Kier molecular flexibility index (Phi) is 8.86. The van der Waals surface area contributed by atoms with Gasteiger partial charge in [-0.15, -0.1) is 0 Å². The lowest BCUT2D eigenvalue weighted by Crippen LogP contribution is -2.30. The maximum absolute atomic E-state index is 11.0. The molecule has 0 aliphatic carbocycles. The van der Waals surface area contributed by atoms with Crippen molar-refractivity contribution in [3.63, 3.8) is 0 Å². The zero-order valence-corrected chi connectivity index (χ0v) is 10.8. The second kappa shape index (κ2) is 9.61. The van der Waals surface area contributed by atoms with E-state index in [0.717, 1.165) is 19.4 Å². The summed E-state index contributed by atoms with van der Waals surface area (Å²) in [5, 5.41) is 11.6. The lowest BCUT2D eigenvalue weighted by atomic mass is 10.1. The molecule has 6 heteroatoms. The summed E-state index contributed by atoms with van der Waals surface area (Å²) in [6.07, 6.45) is 2.07. The number of carboxylic acids is 1. The van der Waals surface area contributed by atoms with Gasteiger partial charge in [-0.3, -0.25) is 4.79 Å². The number of nitrogens with two attached hydrogens (primary N) is 1. The SMILES string of the molecule is C=C(C)C(=O)OCCNCCCC[C@H](N)C(=O)O. The van der Waals surface area contributed by atoms with Crippen LogP contribution in [0.3, 0.4) is 0 Å². The minimum absolute atomic E-state index is 0.306. The van der Waals surface area contributed by atoms with Crippen molar-refractivity contribution in [2.45, 2.75) is 32.2 Å². The van der Waals surface area contributed by atoms with Crippen LogP contribution in [-0.2, 0) is 14.3 Å². The maximum atomic E-state index is 11.0. The fraction of sp³-hybridized carbons (Fsp3) is 0.667. The number of carbonyl (C=O) groups excluding carboxylic acids is 1. The van der Waals surface area contributed by atoms with E-state index in [1.54, 1.807) is 6.92 Å². The lowest BCUT2D eigenvalue weighted by Gasteiger charge is -2.07. The molecule has 0 aromatic rings. The number of rotatable bonds is 10. The highest BCUT2D eigenvalue weighted by atomic mass is 16.5. The molecule has 0 unspecified atom stereocenters. The van der Waals surface area contributed by atoms with E-state index in [9.17, 15) is 9.59 Å². The number of hydrogen-bond donors (Lipinski definition) is 3. The molecule has 1 atom stereocenters. The van der Waals surface area contributed by atoms with Gasteiger partial charge in [-0.1, -0.05) is 13.0 Å². The van der Waals surface area contributed by atoms with Crippen molar-refractivity contribution in [2.75, 3.05) is 19.7 Å². The van der Waals surface area contributed by atoms with Gasteiger partial charge in [0.05, 0.1) is 0 Å². The number of nitrogens with one attached hydrogen (secondary N) is 1. The van der Waals surface area contributed by atoms with Crippen LogP contribution < -0.4 is 11.1 Å². The molecule has 0 rings (SSSR count). The highest BCUT2D eigenvalue weighted by molar-refractivity contribution is 5.86. The number of hydrogen-bond acceptors (Lipinski definition) is 5. The van der Waals surface area contributed by atoms with Crippen LogP contribution in [0, 0.1) is 0 Å². The normalized spacial score (nSPS) is 11.9. The van der Waals surface area contributed by atoms with Crippen molar-refractivity contribution >= 4 is 11.9 Å². The summed E-state index contributed by atoms with van der Waals surface area (Å²) < 4.78 is 4.88. The van der Waals surface area contributed by atoms with Gasteiger partial charge in [-0.05, 0) is 26.3 Å². The third-order valence-corrected chi connectivity index (χ3v) is 2.30. The van der Waals surface area contributed by atoms with Crippen LogP contribution in [0.2, 0.25) is 0 Å². The summed E-state index contributed by atoms with van der Waals surface area (Å²) in [6, 6.07) is -0.776. The Hall–Kier alpha value is -1.40. The fourth-order valence-corrected chi connectivity index (χ4v) is 1.20. The molecule has 18 heavy (non-hydrogen) atoms. The molecule has 4 N–H and O–H groups in total. The summed E-state index contributed by atoms with van der Waals surface area (Å²) in [6.45, 7) is 6.70. The number of aliphatic carboxylic acids is 1. The fourth-order valence-electron chi connectivity index (χ4n) is 1.20. The third kappa shape index (κ3) is 8.72. The van der Waals surface area contributed by atoms with E-state index in [-0.39, 0.29) is 5.97 Å². The van der Waals surface area contributed by atoms with Crippen molar-refractivity contribution in [1.82, 2.24) is 5.32 Å². The second-order valence-corrected chi connectivity index (χ2v) is 4.11. The van der Waals surface area contributed by atoms with Gasteiger partial charge in [0.2, 0.25) is 0 Å². The van der Waals surface area contributed by atoms with E-state index in [2.05, 4.69) is 11.9 Å². The molecule has 0 spiro atoms. The van der Waals surface area contributed by atoms with Gasteiger partial charge in [-0.25, -0.2) is 4.79 Å². The molecule has 0 aliphatic heterocycles. The predicted molar refractivity (Wildman–Crippen MR) is 68.1 cm³/mol. The average molecular weight is 258 g/mol. The zero-order chi connectivity index (χ0) is 14.0. The van der Waals surface area contributed by atoms with Crippen LogP contribution in [0.15, 0.2) is 12.2 Å². The molecule has 0 bridgehead atoms. The average Bonchev–Trinajstić information content (AvgIpc) is 2.31. The Morgan fingerprint density at radius 1 is 1.39 bits per heavy atom. The molecule has 104 valence electrons. The van der Waals surface area contributed by atoms with Crippen LogP contribution in [0.5, 0.6) is 0 Å². The highest BCUT2D eigenvalue weighted by Gasteiger charge is 2.09. The number of carbonyl (C=O) groups is 2. The summed E-state index contributed by atoms with van der Waals surface area (Å²) in [7, 11) is 0. The quantitative estimate of drug-likeness (QED) is 0.295. The van der Waals surface area contributed by atoms with Gasteiger partial charge in [0.1, 0.15) is 12.6 Å². The zero-order valence-electron chi connectivity index (χ0n) is 10.8. The van der Waals surface area contributed by atoms with Gasteiger partial charge < -0.3 is 20.9 Å². The lowest BCUT2D eigenvalue weighted by molar-refractivity contribution is -0.139. The monoisotopic (exact) mass is 258 g/mol. The molecule has 0 fully saturated rings. The van der Waals surface area contributed by atoms with E-state index in [0.29, 0.717) is 25.1 Å². The van der Waals surface area contributed by atoms with Crippen molar-refractivity contribution in [2.24, 2.45) is 5.73 Å². The van der Waals surface area contributed by atoms with Crippen molar-refractivity contribution in [1.29, 1.82) is 0 Å². The number of unbranched alkanes of at least 4 members (excludes halogenated alkanes) is 1. The molecule has 0 aromatic carbocycles. The van der Waals surface area contributed by atoms with E-state index in [1.165, 1.54) is 0 Å². The molecule has 0 aromatic heterocycles. The standard InChI is InChI=1S/C12H22N2O4/c1-9(2)12(17)18-8-7-14-6-4-3-5-10(13)11(15)16/h10,14H,1,3-8,13H2,2H3,(H,15,16)/t10-/m0/s1. The summed E-state index contributed by atoms with van der Waals surface area (Å²) >= 11 is 0. The highest BCUT2D eigenvalue weighted by Crippen LogP contribution is 1.98. The molecular formula is C12H22N2O4. The van der Waals surface area contributed by atoms with E-state index < -0.39 is 12.0 Å². The Morgan fingerprint density at radius 2 is 2.06 bits per heavy atom. The Bertz CT molecular complexity index is 292. The molecule has 0 saturated heterocycles. The largest absolute Gasteiger partial charge is 0.480 e. The molecule has 0 radical (unpaired) electrons. The topological polar surface area (TPSA) is 102 Å². The minimum atomic E-state index is -0.963. The van der Waals surface area contributed by atoms with E-state index in [4.69, 9.17) is 15.6 Å². The number of carboxylic acid groups (broad SMARTS) is 1. The summed E-state index contributed by atoms with van der Waals surface area (Å²) in [5.41, 5.74) is 5.74. The maximum Gasteiger partial charge on any atom is 0.333 e. The first-order valence-corrected chi connectivity index (χ1v) is 5.97. The molecule has 0 amide bonds. The van der Waals surface area contributed by atoms with Crippen LogP contribution in [0.25, 0.3) is 0 Å². The summed E-state index contributed by atoms with van der Waals surface area (Å²) in [4.78, 5) is 21.4. The number of ether oxygens (including phenoxy) is 1. The van der Waals surface area contributed by atoms with Crippen molar-refractivity contribution in [3.8, 4) is 0 Å². The Labute approximate surface area is 107 Å². The van der Waals surface area contributed by atoms with Gasteiger partial charge in [0.25, 0.3) is 0 Å². The van der Waals surface area contributed by atoms with Gasteiger partial charge in [0.15, 0.2) is 0 Å². The van der Waals surface area contributed by atoms with Crippen LogP contribution in [-0.4, -0.2) is 42.8 Å². The third-order valence-electron chi connectivity index (χ3n) is 2.30. The van der Waals surface area contributed by atoms with Crippen molar-refractivity contribution < 1.29 is 19.4 Å². The van der Waals surface area contributed by atoms with Crippen molar-refractivity contribution in [3.05, 3.63) is 12.2 Å². The van der Waals surface area contributed by atoms with E-state index in [1.807, 2.05) is 0 Å². The first-order valence-electron chi connectivity index (χ1n) is 5.97. The molecule has 0 saturated carbocycles. The molecule has 0 aliphatic rings. The minimum Gasteiger partial charge on any atom is -0.480 e. The van der Waals surface area contributed by atoms with Gasteiger partial charge in [-0.2, -0.15) is 0 Å². The number of esters is 1. The first-order chi connectivity index (χ1) is 8.45. The Balaban J connectivity index is 3.29. The molecule has 0 heterocycles. The second-order valence-electron chi connectivity index (χ2n) is 4.11. The first kappa shape index (κ1) is 16.6. The van der Waals surface area contributed by atoms with Gasteiger partial charge >= 0.3 is 11.9 Å². The predicted octanol–water partition coefficient (Wildman–Crippen LogP) is 0.278. The summed E-state index contributed by atoms with van der Waals surface area (Å²) in [5.74, 6) is -1.35. The van der Waals surface area contributed by atoms with Crippen LogP contribution in [0.1, 0.15) is 26.2 Å². The van der Waals surface area contributed by atoms with Crippen LogP contribution >= 0.6 is 0 Å². The van der Waals surface area contributed by atoms with Crippen LogP contribution in [0.4, 0.5) is 0 Å². The Morgan fingerprint density at radius 3 is 2.61 bits per heavy atom. The molecule has 6 nitrogen and oxygen atoms in total. The smallest absolute Gasteiger partial charge is 0.333 e. The van der Waals surface area contributed by atoms with E-state index >= 15 is 0 Å². The van der Waals surface area contributed by atoms with Gasteiger partial charge in [0, 0.05) is 12.1 Å². The molecular weight excluding hydrogens is 236 g/mol.